The largest absolute Gasteiger partial charge is 0.417 e. The van der Waals surface area contributed by atoms with Gasteiger partial charge < -0.3 is 5.32 Å². The molecule has 0 aliphatic rings. The summed E-state index contributed by atoms with van der Waals surface area (Å²) in [5.74, 6) is 0. The van der Waals surface area contributed by atoms with Crippen molar-refractivity contribution in [2.75, 3.05) is 11.9 Å². The first-order valence-electron chi connectivity index (χ1n) is 3.80. The molecule has 1 rings (SSSR count). The van der Waals surface area contributed by atoms with Crippen molar-refractivity contribution in [1.82, 2.24) is 4.98 Å². The highest BCUT2D eigenvalue weighted by Gasteiger charge is 2.30. The molecular formula is C8H9F3N2. The third kappa shape index (κ3) is 2.61. The Labute approximate surface area is 73.8 Å². The van der Waals surface area contributed by atoms with Gasteiger partial charge in [-0.3, -0.25) is 4.98 Å². The Bertz CT molecular complexity index is 283. The average Bonchev–Trinajstić information content (AvgIpc) is 2.04. The van der Waals surface area contributed by atoms with Gasteiger partial charge in [-0.1, -0.05) is 0 Å². The van der Waals surface area contributed by atoms with Crippen molar-refractivity contribution in [2.45, 2.75) is 13.1 Å². The van der Waals surface area contributed by atoms with Crippen LogP contribution in [0.2, 0.25) is 0 Å². The number of aromatic nitrogens is 1. The molecule has 0 spiro atoms. The molecule has 2 nitrogen and oxygen atoms in total. The van der Waals surface area contributed by atoms with Crippen LogP contribution in [0, 0.1) is 0 Å². The molecule has 0 saturated heterocycles. The predicted octanol–water partition coefficient (Wildman–Crippen LogP) is 2.53. The molecule has 0 aliphatic carbocycles. The first-order chi connectivity index (χ1) is 6.04. The summed E-state index contributed by atoms with van der Waals surface area (Å²) in [6.07, 6.45) is -2.15. The zero-order chi connectivity index (χ0) is 9.90. The minimum absolute atomic E-state index is 0.386. The van der Waals surface area contributed by atoms with Crippen LogP contribution in [0.1, 0.15) is 12.5 Å². The lowest BCUT2D eigenvalue weighted by atomic mass is 10.2. The van der Waals surface area contributed by atoms with E-state index in [1.165, 1.54) is 6.20 Å². The van der Waals surface area contributed by atoms with Crippen molar-refractivity contribution in [2.24, 2.45) is 0 Å². The van der Waals surface area contributed by atoms with Crippen LogP contribution in [0.5, 0.6) is 0 Å². The number of nitrogens with zero attached hydrogens (tertiary/aromatic N) is 1. The topological polar surface area (TPSA) is 24.9 Å². The van der Waals surface area contributed by atoms with E-state index in [2.05, 4.69) is 10.3 Å². The van der Waals surface area contributed by atoms with Gasteiger partial charge in [0.15, 0.2) is 0 Å². The van der Waals surface area contributed by atoms with Gasteiger partial charge >= 0.3 is 6.18 Å². The summed E-state index contributed by atoms with van der Waals surface area (Å²) in [6, 6.07) is 1.04. The Kier molecular flexibility index (Phi) is 2.75. The summed E-state index contributed by atoms with van der Waals surface area (Å²) in [7, 11) is 0. The van der Waals surface area contributed by atoms with Crippen LogP contribution in [-0.2, 0) is 6.18 Å². The average molecular weight is 190 g/mol. The van der Waals surface area contributed by atoms with Gasteiger partial charge in [-0.15, -0.1) is 0 Å². The van der Waals surface area contributed by atoms with Gasteiger partial charge in [0.2, 0.25) is 0 Å². The van der Waals surface area contributed by atoms with Gasteiger partial charge in [0.1, 0.15) is 0 Å². The van der Waals surface area contributed by atoms with Gasteiger partial charge in [-0.25, -0.2) is 0 Å². The van der Waals surface area contributed by atoms with Crippen LogP contribution >= 0.6 is 0 Å². The van der Waals surface area contributed by atoms with Crippen LogP contribution in [0.15, 0.2) is 18.5 Å². The van der Waals surface area contributed by atoms with Crippen LogP contribution in [0.25, 0.3) is 0 Å². The van der Waals surface area contributed by atoms with E-state index in [9.17, 15) is 13.2 Å². The molecule has 0 aromatic carbocycles. The quantitative estimate of drug-likeness (QED) is 0.775. The molecule has 1 aromatic heterocycles. The van der Waals surface area contributed by atoms with Crippen molar-refractivity contribution in [3.05, 3.63) is 24.0 Å². The second-order valence-electron chi connectivity index (χ2n) is 2.49. The number of nitrogens with one attached hydrogen (secondary N) is 1. The Morgan fingerprint density at radius 3 is 2.62 bits per heavy atom. The lowest BCUT2D eigenvalue weighted by molar-refractivity contribution is -0.137. The number of anilines is 1. The van der Waals surface area contributed by atoms with Gasteiger partial charge in [-0.2, -0.15) is 13.2 Å². The number of rotatable bonds is 2. The van der Waals surface area contributed by atoms with E-state index >= 15 is 0 Å². The van der Waals surface area contributed by atoms with E-state index in [0.717, 1.165) is 12.3 Å². The molecule has 0 saturated carbocycles. The van der Waals surface area contributed by atoms with Crippen molar-refractivity contribution in [3.63, 3.8) is 0 Å². The molecule has 0 radical (unpaired) electrons. The third-order valence-corrected chi connectivity index (χ3v) is 1.45. The molecule has 1 aromatic rings. The van der Waals surface area contributed by atoms with E-state index in [4.69, 9.17) is 0 Å². The van der Waals surface area contributed by atoms with Gasteiger partial charge in [0.25, 0.3) is 0 Å². The van der Waals surface area contributed by atoms with E-state index in [0.29, 0.717) is 12.2 Å². The van der Waals surface area contributed by atoms with Crippen molar-refractivity contribution in [3.8, 4) is 0 Å². The summed E-state index contributed by atoms with van der Waals surface area (Å²) in [4.78, 5) is 3.49. The first-order valence-corrected chi connectivity index (χ1v) is 3.80. The third-order valence-electron chi connectivity index (χ3n) is 1.45. The van der Waals surface area contributed by atoms with E-state index in [1.807, 2.05) is 0 Å². The normalized spacial score (nSPS) is 11.4. The molecule has 1 N–H and O–H groups in total. The fourth-order valence-corrected chi connectivity index (χ4v) is 0.896. The maximum Gasteiger partial charge on any atom is 0.417 e. The molecule has 72 valence electrons. The zero-order valence-corrected chi connectivity index (χ0v) is 7.02. The van der Waals surface area contributed by atoms with Crippen LogP contribution in [0.3, 0.4) is 0 Å². The Morgan fingerprint density at radius 1 is 1.38 bits per heavy atom. The van der Waals surface area contributed by atoms with Gasteiger partial charge in [-0.05, 0) is 13.0 Å². The zero-order valence-electron chi connectivity index (χ0n) is 7.02. The lowest BCUT2D eigenvalue weighted by Crippen LogP contribution is -2.07. The maximum atomic E-state index is 12.1. The van der Waals surface area contributed by atoms with E-state index in [1.54, 1.807) is 6.92 Å². The minimum Gasteiger partial charge on any atom is -0.384 e. The molecule has 0 bridgehead atoms. The summed E-state index contributed by atoms with van der Waals surface area (Å²) in [5.41, 5.74) is -0.344. The Hall–Kier alpha value is -1.26. The molecule has 0 amide bonds. The fraction of sp³-hybridized carbons (Fsp3) is 0.375. The number of alkyl halides is 3. The molecule has 1 heterocycles. The molecule has 5 heteroatoms. The van der Waals surface area contributed by atoms with Gasteiger partial charge in [0.05, 0.1) is 11.3 Å². The fourth-order valence-electron chi connectivity index (χ4n) is 0.896. The highest BCUT2D eigenvalue weighted by molar-refractivity contribution is 5.43. The second-order valence-corrected chi connectivity index (χ2v) is 2.49. The summed E-state index contributed by atoms with van der Waals surface area (Å²) in [6.45, 7) is 2.38. The summed E-state index contributed by atoms with van der Waals surface area (Å²) >= 11 is 0. The highest BCUT2D eigenvalue weighted by Crippen LogP contribution is 2.29. The molecule has 0 atom stereocenters. The SMILES string of the molecule is CCNc1cncc(C(F)(F)F)c1. The lowest BCUT2D eigenvalue weighted by Gasteiger charge is -2.08. The van der Waals surface area contributed by atoms with E-state index in [-0.39, 0.29) is 0 Å². The first kappa shape index (κ1) is 9.83. The van der Waals surface area contributed by atoms with Crippen LogP contribution < -0.4 is 5.32 Å². The molecule has 0 fully saturated rings. The Morgan fingerprint density at radius 2 is 2.08 bits per heavy atom. The summed E-state index contributed by atoms with van der Waals surface area (Å²) < 4.78 is 36.4. The van der Waals surface area contributed by atoms with Crippen LogP contribution in [-0.4, -0.2) is 11.5 Å². The smallest absolute Gasteiger partial charge is 0.384 e. The molecule has 0 aliphatic heterocycles. The minimum atomic E-state index is -4.32. The van der Waals surface area contributed by atoms with E-state index < -0.39 is 11.7 Å². The standard InChI is InChI=1S/C8H9F3N2/c1-2-13-7-3-6(4-12-5-7)8(9,10)11/h3-5,13H,2H2,1H3. The summed E-state index contributed by atoms with van der Waals surface area (Å²) in [5, 5.41) is 2.76. The predicted molar refractivity (Wildman–Crippen MR) is 43.4 cm³/mol. The van der Waals surface area contributed by atoms with Gasteiger partial charge in [0, 0.05) is 18.9 Å². The van der Waals surface area contributed by atoms with Crippen molar-refractivity contribution >= 4 is 5.69 Å². The Balaban J connectivity index is 2.92. The molecule has 13 heavy (non-hydrogen) atoms. The monoisotopic (exact) mass is 190 g/mol. The molecular weight excluding hydrogens is 181 g/mol. The molecule has 0 unspecified atom stereocenters. The number of pyridine rings is 1. The van der Waals surface area contributed by atoms with Crippen molar-refractivity contribution < 1.29 is 13.2 Å². The second kappa shape index (κ2) is 3.64. The highest BCUT2D eigenvalue weighted by atomic mass is 19.4. The van der Waals surface area contributed by atoms with Crippen LogP contribution in [0.4, 0.5) is 18.9 Å². The number of halogens is 3. The number of hydrogen-bond acceptors (Lipinski definition) is 2. The number of hydrogen-bond donors (Lipinski definition) is 1. The van der Waals surface area contributed by atoms with Crippen molar-refractivity contribution in [1.29, 1.82) is 0 Å². The maximum absolute atomic E-state index is 12.1.